The van der Waals surface area contributed by atoms with Crippen molar-refractivity contribution in [3.8, 4) is 5.75 Å². The fourth-order valence-corrected chi connectivity index (χ4v) is 2.78. The molecule has 0 spiro atoms. The molecule has 6 heteroatoms. The monoisotopic (exact) mass is 326 g/mol. The minimum absolute atomic E-state index is 0. The molecule has 3 rings (SSSR count). The van der Waals surface area contributed by atoms with Gasteiger partial charge in [-0.25, -0.2) is 0 Å². The fraction of sp³-hybridized carbons (Fsp3) is 0.562. The van der Waals surface area contributed by atoms with Crippen LogP contribution in [0.1, 0.15) is 25.7 Å². The van der Waals surface area contributed by atoms with Crippen molar-refractivity contribution in [2.45, 2.75) is 37.8 Å². The maximum Gasteiger partial charge on any atom is 0.225 e. The third kappa shape index (κ3) is 4.87. The summed E-state index contributed by atoms with van der Waals surface area (Å²) in [7, 11) is 0. The van der Waals surface area contributed by atoms with Crippen molar-refractivity contribution in [2.75, 3.05) is 25.1 Å². The van der Waals surface area contributed by atoms with Gasteiger partial charge in [-0.15, -0.1) is 12.4 Å². The van der Waals surface area contributed by atoms with Gasteiger partial charge < -0.3 is 20.1 Å². The van der Waals surface area contributed by atoms with Gasteiger partial charge in [0.2, 0.25) is 5.91 Å². The summed E-state index contributed by atoms with van der Waals surface area (Å²) in [4.78, 5) is 11.9. The second-order valence-corrected chi connectivity index (χ2v) is 5.67. The maximum atomic E-state index is 11.9. The molecule has 1 aromatic rings. The van der Waals surface area contributed by atoms with Crippen LogP contribution in [-0.4, -0.2) is 37.8 Å². The SMILES string of the molecule is Cl.O=C(CC1CCCN1)Nc1ccc(OC2CCOC2)cc1. The van der Waals surface area contributed by atoms with Crippen molar-refractivity contribution < 1.29 is 14.3 Å². The van der Waals surface area contributed by atoms with Crippen LogP contribution in [0.3, 0.4) is 0 Å². The van der Waals surface area contributed by atoms with Gasteiger partial charge in [-0.05, 0) is 43.7 Å². The molecule has 0 aliphatic carbocycles. The van der Waals surface area contributed by atoms with Crippen LogP contribution in [0.15, 0.2) is 24.3 Å². The van der Waals surface area contributed by atoms with Gasteiger partial charge in [-0.3, -0.25) is 4.79 Å². The van der Waals surface area contributed by atoms with Gasteiger partial charge in [-0.2, -0.15) is 0 Å². The van der Waals surface area contributed by atoms with E-state index in [-0.39, 0.29) is 24.4 Å². The highest BCUT2D eigenvalue weighted by molar-refractivity contribution is 5.91. The van der Waals surface area contributed by atoms with Crippen LogP contribution in [0.2, 0.25) is 0 Å². The van der Waals surface area contributed by atoms with Crippen molar-refractivity contribution in [3.05, 3.63) is 24.3 Å². The number of nitrogens with one attached hydrogen (secondary N) is 2. The molecule has 0 radical (unpaired) electrons. The molecule has 1 aromatic carbocycles. The lowest BCUT2D eigenvalue weighted by Gasteiger charge is -2.13. The molecule has 2 heterocycles. The first kappa shape index (κ1) is 17.1. The number of carbonyl (C=O) groups is 1. The minimum atomic E-state index is 0. The molecular weight excluding hydrogens is 304 g/mol. The van der Waals surface area contributed by atoms with Gasteiger partial charge in [0.25, 0.3) is 0 Å². The third-order valence-corrected chi connectivity index (χ3v) is 3.92. The van der Waals surface area contributed by atoms with E-state index in [4.69, 9.17) is 9.47 Å². The zero-order valence-corrected chi connectivity index (χ0v) is 13.4. The van der Waals surface area contributed by atoms with Gasteiger partial charge in [-0.1, -0.05) is 0 Å². The summed E-state index contributed by atoms with van der Waals surface area (Å²) in [6.45, 7) is 2.45. The molecular formula is C16H23ClN2O3. The number of ether oxygens (including phenoxy) is 2. The molecule has 22 heavy (non-hydrogen) atoms. The highest BCUT2D eigenvalue weighted by Crippen LogP contribution is 2.20. The molecule has 122 valence electrons. The summed E-state index contributed by atoms with van der Waals surface area (Å²) in [5.74, 6) is 0.883. The molecule has 2 fully saturated rings. The van der Waals surface area contributed by atoms with E-state index in [0.29, 0.717) is 19.1 Å². The average molecular weight is 327 g/mol. The zero-order valence-electron chi connectivity index (χ0n) is 12.5. The summed E-state index contributed by atoms with van der Waals surface area (Å²) in [6, 6.07) is 7.87. The minimum Gasteiger partial charge on any atom is -0.488 e. The largest absolute Gasteiger partial charge is 0.488 e. The first-order chi connectivity index (χ1) is 10.3. The van der Waals surface area contributed by atoms with E-state index in [1.165, 1.54) is 0 Å². The second kappa shape index (κ2) is 8.36. The number of amides is 1. The summed E-state index contributed by atoms with van der Waals surface area (Å²) < 4.78 is 11.1. The first-order valence-corrected chi connectivity index (χ1v) is 7.67. The average Bonchev–Trinajstić information content (AvgIpc) is 3.14. The van der Waals surface area contributed by atoms with Crippen LogP contribution < -0.4 is 15.4 Å². The quantitative estimate of drug-likeness (QED) is 0.872. The Morgan fingerprint density at radius 1 is 1.32 bits per heavy atom. The number of benzene rings is 1. The van der Waals surface area contributed by atoms with Crippen LogP contribution >= 0.6 is 12.4 Å². The summed E-state index contributed by atoms with van der Waals surface area (Å²) in [5.41, 5.74) is 0.813. The smallest absolute Gasteiger partial charge is 0.225 e. The molecule has 0 saturated carbocycles. The van der Waals surface area contributed by atoms with Crippen LogP contribution in [0.25, 0.3) is 0 Å². The van der Waals surface area contributed by atoms with Crippen molar-refractivity contribution >= 4 is 24.0 Å². The molecule has 0 bridgehead atoms. The molecule has 2 atom stereocenters. The van der Waals surface area contributed by atoms with E-state index < -0.39 is 0 Å². The lowest BCUT2D eigenvalue weighted by atomic mass is 10.1. The predicted molar refractivity (Wildman–Crippen MR) is 87.8 cm³/mol. The highest BCUT2D eigenvalue weighted by atomic mass is 35.5. The van der Waals surface area contributed by atoms with Crippen LogP contribution in [0.5, 0.6) is 5.75 Å². The Hall–Kier alpha value is -1.30. The Balaban J connectivity index is 0.00000176. The van der Waals surface area contributed by atoms with E-state index >= 15 is 0 Å². The van der Waals surface area contributed by atoms with Crippen molar-refractivity contribution in [1.82, 2.24) is 5.32 Å². The molecule has 5 nitrogen and oxygen atoms in total. The Morgan fingerprint density at radius 3 is 2.77 bits per heavy atom. The Morgan fingerprint density at radius 2 is 2.14 bits per heavy atom. The van der Waals surface area contributed by atoms with E-state index in [0.717, 1.165) is 43.9 Å². The number of anilines is 1. The summed E-state index contributed by atoms with van der Waals surface area (Å²) in [5, 5.41) is 6.26. The summed E-state index contributed by atoms with van der Waals surface area (Å²) >= 11 is 0. The number of hydrogen-bond acceptors (Lipinski definition) is 4. The maximum absolute atomic E-state index is 11.9. The topological polar surface area (TPSA) is 59.6 Å². The van der Waals surface area contributed by atoms with Gasteiger partial charge in [0.05, 0.1) is 13.2 Å². The van der Waals surface area contributed by atoms with E-state index in [2.05, 4.69) is 10.6 Å². The zero-order chi connectivity index (χ0) is 14.5. The summed E-state index contributed by atoms with van der Waals surface area (Å²) in [6.07, 6.45) is 3.88. The highest BCUT2D eigenvalue weighted by Gasteiger charge is 2.18. The number of rotatable bonds is 5. The standard InChI is InChI=1S/C16H22N2O3.ClH/c19-16(10-13-2-1-8-17-13)18-12-3-5-14(6-4-12)21-15-7-9-20-11-15;/h3-6,13,15,17H,1-2,7-11H2,(H,18,19);1H. The third-order valence-electron chi connectivity index (χ3n) is 3.92. The second-order valence-electron chi connectivity index (χ2n) is 5.67. The van der Waals surface area contributed by atoms with Crippen molar-refractivity contribution in [1.29, 1.82) is 0 Å². The van der Waals surface area contributed by atoms with Gasteiger partial charge in [0.1, 0.15) is 11.9 Å². The first-order valence-electron chi connectivity index (χ1n) is 7.67. The van der Waals surface area contributed by atoms with E-state index in [1.54, 1.807) is 0 Å². The molecule has 2 aliphatic heterocycles. The molecule has 2 aliphatic rings. The molecule has 0 aromatic heterocycles. The predicted octanol–water partition coefficient (Wildman–Crippen LogP) is 2.36. The lowest BCUT2D eigenvalue weighted by molar-refractivity contribution is -0.116. The van der Waals surface area contributed by atoms with Crippen LogP contribution in [-0.2, 0) is 9.53 Å². The van der Waals surface area contributed by atoms with Crippen LogP contribution in [0.4, 0.5) is 5.69 Å². The Kier molecular flexibility index (Phi) is 6.49. The number of halogens is 1. The molecule has 2 unspecified atom stereocenters. The van der Waals surface area contributed by atoms with Gasteiger partial charge >= 0.3 is 0 Å². The molecule has 1 amide bonds. The van der Waals surface area contributed by atoms with Gasteiger partial charge in [0, 0.05) is 24.6 Å². The number of carbonyl (C=O) groups excluding carboxylic acids is 1. The van der Waals surface area contributed by atoms with E-state index in [9.17, 15) is 4.79 Å². The Labute approximate surface area is 137 Å². The van der Waals surface area contributed by atoms with E-state index in [1.807, 2.05) is 24.3 Å². The fourth-order valence-electron chi connectivity index (χ4n) is 2.78. The van der Waals surface area contributed by atoms with Gasteiger partial charge in [0.15, 0.2) is 0 Å². The molecule has 2 saturated heterocycles. The molecule has 2 N–H and O–H groups in total. The van der Waals surface area contributed by atoms with Crippen LogP contribution in [0, 0.1) is 0 Å². The van der Waals surface area contributed by atoms with Crippen molar-refractivity contribution in [2.24, 2.45) is 0 Å². The Bertz CT molecular complexity index is 469. The van der Waals surface area contributed by atoms with Crippen molar-refractivity contribution in [3.63, 3.8) is 0 Å². The lowest BCUT2D eigenvalue weighted by Crippen LogP contribution is -2.27. The normalized spacial score (nSPS) is 23.8. The number of hydrogen-bond donors (Lipinski definition) is 2.